The summed E-state index contributed by atoms with van der Waals surface area (Å²) in [5.74, 6) is 2.11. The predicted octanol–water partition coefficient (Wildman–Crippen LogP) is 3.24. The van der Waals surface area contributed by atoms with Gasteiger partial charge in [0, 0.05) is 31.8 Å². The van der Waals surface area contributed by atoms with E-state index in [0.717, 1.165) is 30.2 Å². The van der Waals surface area contributed by atoms with Crippen molar-refractivity contribution >= 4 is 17.4 Å². The molecule has 0 aliphatic heterocycles. The molecule has 0 aromatic carbocycles. The zero-order valence-electron chi connectivity index (χ0n) is 11.7. The minimum Gasteiger partial charge on any atom is -0.383 e. The van der Waals surface area contributed by atoms with Crippen molar-refractivity contribution in [3.05, 3.63) is 23.4 Å². The lowest BCUT2D eigenvalue weighted by atomic mass is 10.2. The summed E-state index contributed by atoms with van der Waals surface area (Å²) in [6, 6.07) is 4.10. The van der Waals surface area contributed by atoms with Gasteiger partial charge in [0.05, 0.1) is 6.61 Å². The van der Waals surface area contributed by atoms with Crippen molar-refractivity contribution in [1.82, 2.24) is 4.98 Å². The van der Waals surface area contributed by atoms with E-state index < -0.39 is 0 Å². The number of pyridine rings is 1. The van der Waals surface area contributed by atoms with Crippen molar-refractivity contribution in [1.29, 1.82) is 0 Å². The number of hydrogen-bond acceptors (Lipinski definition) is 3. The summed E-state index contributed by atoms with van der Waals surface area (Å²) in [7, 11) is 1.72. The Morgan fingerprint density at radius 2 is 2.11 bits per heavy atom. The maximum Gasteiger partial charge on any atom is 0.129 e. The lowest BCUT2D eigenvalue weighted by Gasteiger charge is -2.26. The van der Waals surface area contributed by atoms with Gasteiger partial charge in [0.15, 0.2) is 0 Å². The fraction of sp³-hybridized carbons (Fsp3) is 0.643. The van der Waals surface area contributed by atoms with Gasteiger partial charge in [-0.2, -0.15) is 0 Å². The third kappa shape index (κ3) is 4.83. The van der Waals surface area contributed by atoms with Crippen molar-refractivity contribution < 1.29 is 4.74 Å². The third-order valence-electron chi connectivity index (χ3n) is 2.63. The highest BCUT2D eigenvalue weighted by molar-refractivity contribution is 6.17. The highest BCUT2D eigenvalue weighted by Gasteiger charge is 2.11. The van der Waals surface area contributed by atoms with Gasteiger partial charge in [-0.3, -0.25) is 0 Å². The lowest BCUT2D eigenvalue weighted by Crippen LogP contribution is -2.31. The molecule has 3 nitrogen and oxygen atoms in total. The van der Waals surface area contributed by atoms with Crippen LogP contribution in [0.4, 0.5) is 5.82 Å². The van der Waals surface area contributed by atoms with Gasteiger partial charge in [-0.15, -0.1) is 11.6 Å². The van der Waals surface area contributed by atoms with Crippen molar-refractivity contribution in [2.24, 2.45) is 5.92 Å². The van der Waals surface area contributed by atoms with Gasteiger partial charge in [-0.25, -0.2) is 4.98 Å². The molecule has 0 atom stereocenters. The van der Waals surface area contributed by atoms with Gasteiger partial charge in [0.2, 0.25) is 0 Å². The Morgan fingerprint density at radius 3 is 2.67 bits per heavy atom. The van der Waals surface area contributed by atoms with Gasteiger partial charge in [0.25, 0.3) is 0 Å². The molecule has 0 amide bonds. The highest BCUT2D eigenvalue weighted by atomic mass is 35.5. The molecule has 0 radical (unpaired) electrons. The first-order valence-corrected chi connectivity index (χ1v) is 6.87. The van der Waals surface area contributed by atoms with Crippen LogP contribution in [0.15, 0.2) is 12.1 Å². The molecule has 0 spiro atoms. The molecule has 1 rings (SSSR count). The van der Waals surface area contributed by atoms with E-state index in [2.05, 4.69) is 29.8 Å². The molecule has 102 valence electrons. The predicted molar refractivity (Wildman–Crippen MR) is 77.5 cm³/mol. The van der Waals surface area contributed by atoms with Gasteiger partial charge >= 0.3 is 0 Å². The van der Waals surface area contributed by atoms with Crippen LogP contribution in [-0.4, -0.2) is 31.8 Å². The topological polar surface area (TPSA) is 25.4 Å². The number of methoxy groups -OCH3 is 1. The molecule has 0 unspecified atom stereocenters. The molecule has 0 aliphatic rings. The second kappa shape index (κ2) is 7.59. The molecule has 0 saturated heterocycles. The first-order chi connectivity index (χ1) is 8.56. The monoisotopic (exact) mass is 270 g/mol. The van der Waals surface area contributed by atoms with Crippen LogP contribution in [0.3, 0.4) is 0 Å². The zero-order valence-corrected chi connectivity index (χ0v) is 12.5. The van der Waals surface area contributed by atoms with Crippen LogP contribution < -0.4 is 4.90 Å². The number of alkyl halides is 1. The second-order valence-corrected chi connectivity index (χ2v) is 5.21. The van der Waals surface area contributed by atoms with E-state index in [0.29, 0.717) is 18.4 Å². The van der Waals surface area contributed by atoms with Crippen molar-refractivity contribution in [2.75, 3.05) is 31.7 Å². The number of halogens is 1. The number of anilines is 1. The molecule has 1 heterocycles. The van der Waals surface area contributed by atoms with E-state index in [4.69, 9.17) is 16.3 Å². The average molecular weight is 271 g/mol. The Labute approximate surface area is 115 Å². The first-order valence-electron chi connectivity index (χ1n) is 6.34. The van der Waals surface area contributed by atoms with Crippen LogP contribution in [0.2, 0.25) is 0 Å². The highest BCUT2D eigenvalue weighted by Crippen LogP contribution is 2.17. The first kappa shape index (κ1) is 15.3. The molecular formula is C14H23ClN2O. The molecule has 0 fully saturated rings. The summed E-state index contributed by atoms with van der Waals surface area (Å²) in [6.45, 7) is 8.95. The Balaban J connectivity index is 2.91. The molecule has 0 N–H and O–H groups in total. The van der Waals surface area contributed by atoms with E-state index in [1.54, 1.807) is 7.11 Å². The van der Waals surface area contributed by atoms with Crippen LogP contribution in [0.25, 0.3) is 0 Å². The normalized spacial score (nSPS) is 11.0. The number of ether oxygens (including phenoxy) is 1. The fourth-order valence-corrected chi connectivity index (χ4v) is 2.06. The van der Waals surface area contributed by atoms with Crippen LogP contribution >= 0.6 is 11.6 Å². The summed E-state index contributed by atoms with van der Waals surface area (Å²) in [6.07, 6.45) is 0. The number of rotatable bonds is 7. The molecule has 0 saturated carbocycles. The minimum atomic E-state index is 0.524. The molecular weight excluding hydrogens is 248 g/mol. The maximum atomic E-state index is 5.91. The number of nitrogens with zero attached hydrogens (tertiary/aromatic N) is 2. The zero-order chi connectivity index (χ0) is 13.5. The number of aromatic nitrogens is 1. The Bertz CT molecular complexity index is 369. The molecule has 1 aromatic heterocycles. The summed E-state index contributed by atoms with van der Waals surface area (Å²) < 4.78 is 5.17. The van der Waals surface area contributed by atoms with Crippen molar-refractivity contribution in [3.63, 3.8) is 0 Å². The minimum absolute atomic E-state index is 0.524. The lowest BCUT2D eigenvalue weighted by molar-refractivity contribution is 0.204. The molecule has 0 bridgehead atoms. The molecule has 1 aromatic rings. The molecule has 18 heavy (non-hydrogen) atoms. The van der Waals surface area contributed by atoms with E-state index in [1.165, 1.54) is 0 Å². The van der Waals surface area contributed by atoms with Crippen molar-refractivity contribution in [2.45, 2.75) is 26.7 Å². The van der Waals surface area contributed by atoms with Crippen LogP contribution in [0.5, 0.6) is 0 Å². The van der Waals surface area contributed by atoms with Gasteiger partial charge < -0.3 is 9.64 Å². The van der Waals surface area contributed by atoms with Crippen LogP contribution in [0, 0.1) is 12.8 Å². The van der Waals surface area contributed by atoms with Gasteiger partial charge in [-0.1, -0.05) is 13.8 Å². The average Bonchev–Trinajstić information content (AvgIpc) is 2.33. The quantitative estimate of drug-likeness (QED) is 0.712. The summed E-state index contributed by atoms with van der Waals surface area (Å²) >= 11 is 5.91. The van der Waals surface area contributed by atoms with Crippen LogP contribution in [-0.2, 0) is 10.6 Å². The standard InChI is InChI=1S/C14H23ClN2O/c1-11(2)10-17(5-6-18-4)14-8-13(9-15)7-12(3)16-14/h7-8,11H,5-6,9-10H2,1-4H3. The van der Waals surface area contributed by atoms with E-state index in [-0.39, 0.29) is 0 Å². The second-order valence-electron chi connectivity index (χ2n) is 4.94. The van der Waals surface area contributed by atoms with E-state index in [9.17, 15) is 0 Å². The summed E-state index contributed by atoms with van der Waals surface area (Å²) in [5, 5.41) is 0. The SMILES string of the molecule is COCCN(CC(C)C)c1cc(CCl)cc(C)n1. The third-order valence-corrected chi connectivity index (χ3v) is 2.94. The van der Waals surface area contributed by atoms with Gasteiger partial charge in [0.1, 0.15) is 5.82 Å². The van der Waals surface area contributed by atoms with Crippen molar-refractivity contribution in [3.8, 4) is 0 Å². The Kier molecular flexibility index (Phi) is 6.44. The smallest absolute Gasteiger partial charge is 0.129 e. The molecule has 0 aliphatic carbocycles. The Hall–Kier alpha value is -0.800. The van der Waals surface area contributed by atoms with Gasteiger partial charge in [-0.05, 0) is 30.5 Å². The summed E-state index contributed by atoms with van der Waals surface area (Å²) in [5.41, 5.74) is 2.12. The van der Waals surface area contributed by atoms with Crippen LogP contribution in [0.1, 0.15) is 25.1 Å². The van der Waals surface area contributed by atoms with E-state index >= 15 is 0 Å². The number of hydrogen-bond donors (Lipinski definition) is 0. The summed E-state index contributed by atoms with van der Waals surface area (Å²) in [4.78, 5) is 6.86. The fourth-order valence-electron chi connectivity index (χ4n) is 1.90. The van der Waals surface area contributed by atoms with E-state index in [1.807, 2.05) is 13.0 Å². The molecule has 4 heteroatoms. The Morgan fingerprint density at radius 1 is 1.39 bits per heavy atom. The largest absolute Gasteiger partial charge is 0.383 e. The number of aryl methyl sites for hydroxylation is 1. The maximum absolute atomic E-state index is 5.91.